The highest BCUT2D eigenvalue weighted by molar-refractivity contribution is 7.47. The summed E-state index contributed by atoms with van der Waals surface area (Å²) in [4.78, 5) is 73.2. The van der Waals surface area contributed by atoms with Crippen LogP contribution in [0.15, 0.2) is 0 Å². The fourth-order valence-electron chi connectivity index (χ4n) is 13.2. The summed E-state index contributed by atoms with van der Waals surface area (Å²) in [5.74, 6) is -0.609. The third-order valence-corrected chi connectivity index (χ3v) is 21.9. The van der Waals surface area contributed by atoms with E-state index in [-0.39, 0.29) is 25.7 Å². The normalized spacial score (nSPS) is 13.8. The van der Waals surface area contributed by atoms with Crippen molar-refractivity contribution >= 4 is 39.5 Å². The van der Waals surface area contributed by atoms with Crippen LogP contribution in [-0.4, -0.2) is 96.7 Å². The highest BCUT2D eigenvalue weighted by Crippen LogP contribution is 2.45. The number of ether oxygens (including phenoxy) is 4. The largest absolute Gasteiger partial charge is 0.472 e. The van der Waals surface area contributed by atoms with Gasteiger partial charge in [0.2, 0.25) is 0 Å². The summed E-state index contributed by atoms with van der Waals surface area (Å²) < 4.78 is 68.8. The number of unbranched alkanes of at least 4 members (excludes halogenated alkanes) is 54. The van der Waals surface area contributed by atoms with Crippen molar-refractivity contribution in [1.82, 2.24) is 0 Å². The standard InChI is InChI=1S/C85H166O17P2/c1-7-9-11-13-15-17-19-21-23-25-26-27-28-29-30-32-36-41-45-51-58-64-69-84(89)101-80(73-95-82(87)67-61-55-49-43-39-37-33-34-38-42-47-53-59-65-77(3)4)75-99-103(91,92)97-71-79(86)72-98-104(93,94)100-76-81(74-96-83(88)68-62-56-52-46-48-54-60-66-78(5)6)102-85(90)70-63-57-50-44-40-35-31-24-22-20-18-16-14-12-10-8-2/h77-81,86H,7-76H2,1-6H3,(H,91,92)(H,93,94)/t79-,80-,81-/m1/s1. The van der Waals surface area contributed by atoms with Gasteiger partial charge in [-0.2, -0.15) is 0 Å². The Morgan fingerprint density at radius 1 is 0.260 bits per heavy atom. The Hall–Kier alpha value is -1.94. The van der Waals surface area contributed by atoms with E-state index in [1.165, 1.54) is 263 Å². The van der Waals surface area contributed by atoms with Gasteiger partial charge < -0.3 is 33.8 Å². The van der Waals surface area contributed by atoms with Crippen LogP contribution in [0.3, 0.4) is 0 Å². The van der Waals surface area contributed by atoms with E-state index in [1.54, 1.807) is 0 Å². The molecule has 0 saturated heterocycles. The molecule has 3 N–H and O–H groups in total. The van der Waals surface area contributed by atoms with E-state index < -0.39 is 97.5 Å². The van der Waals surface area contributed by atoms with Gasteiger partial charge in [-0.05, 0) is 37.5 Å². The number of rotatable bonds is 84. The lowest BCUT2D eigenvalue weighted by Crippen LogP contribution is -2.30. The molecule has 19 heteroatoms. The van der Waals surface area contributed by atoms with Crippen molar-refractivity contribution in [3.63, 3.8) is 0 Å². The number of hydrogen-bond acceptors (Lipinski definition) is 15. The minimum absolute atomic E-state index is 0.108. The third-order valence-electron chi connectivity index (χ3n) is 20.0. The second-order valence-corrected chi connectivity index (χ2v) is 34.4. The molecule has 0 aliphatic rings. The molecule has 17 nitrogen and oxygen atoms in total. The predicted octanol–water partition coefficient (Wildman–Crippen LogP) is 25.8. The predicted molar refractivity (Wildman–Crippen MR) is 428 cm³/mol. The summed E-state index contributed by atoms with van der Waals surface area (Å²) in [7, 11) is -9.93. The number of phosphoric ester groups is 2. The van der Waals surface area contributed by atoms with E-state index in [2.05, 4.69) is 41.5 Å². The van der Waals surface area contributed by atoms with Crippen LogP contribution in [0.5, 0.6) is 0 Å². The van der Waals surface area contributed by atoms with E-state index in [0.717, 1.165) is 102 Å². The highest BCUT2D eigenvalue weighted by Gasteiger charge is 2.30. The van der Waals surface area contributed by atoms with Crippen molar-refractivity contribution < 1.29 is 80.2 Å². The van der Waals surface area contributed by atoms with Gasteiger partial charge in [-0.15, -0.1) is 0 Å². The molecule has 2 unspecified atom stereocenters. The molecule has 0 fully saturated rings. The van der Waals surface area contributed by atoms with Crippen molar-refractivity contribution in [2.24, 2.45) is 11.8 Å². The first-order chi connectivity index (χ1) is 50.4. The molecule has 0 spiro atoms. The molecule has 0 radical (unpaired) electrons. The Kier molecular flexibility index (Phi) is 75.0. The average molecular weight is 1520 g/mol. The Morgan fingerprint density at radius 2 is 0.442 bits per heavy atom. The molecule has 0 heterocycles. The highest BCUT2D eigenvalue weighted by atomic mass is 31.2. The number of aliphatic hydroxyl groups is 1. The molecular weight excluding hydrogens is 1350 g/mol. The lowest BCUT2D eigenvalue weighted by atomic mass is 10.0. The van der Waals surface area contributed by atoms with Crippen molar-refractivity contribution in [2.45, 2.75) is 471 Å². The molecule has 0 saturated carbocycles. The van der Waals surface area contributed by atoms with Crippen LogP contribution in [0, 0.1) is 11.8 Å². The van der Waals surface area contributed by atoms with Crippen LogP contribution < -0.4 is 0 Å². The fourth-order valence-corrected chi connectivity index (χ4v) is 14.8. The Morgan fingerprint density at radius 3 is 0.654 bits per heavy atom. The Bertz CT molecular complexity index is 1990. The van der Waals surface area contributed by atoms with Crippen LogP contribution in [0.1, 0.15) is 452 Å². The second-order valence-electron chi connectivity index (χ2n) is 31.5. The number of esters is 4. The first kappa shape index (κ1) is 102. The maximum atomic E-state index is 13.1. The van der Waals surface area contributed by atoms with Gasteiger partial charge >= 0.3 is 39.5 Å². The van der Waals surface area contributed by atoms with Gasteiger partial charge in [0.25, 0.3) is 0 Å². The quantitative estimate of drug-likeness (QED) is 0.0222. The molecule has 0 aromatic carbocycles. The minimum Gasteiger partial charge on any atom is -0.462 e. The topological polar surface area (TPSA) is 237 Å². The zero-order valence-corrected chi connectivity index (χ0v) is 70.1. The van der Waals surface area contributed by atoms with Gasteiger partial charge in [0.1, 0.15) is 19.3 Å². The first-order valence-electron chi connectivity index (χ1n) is 44.0. The molecule has 0 rings (SSSR count). The molecule has 0 bridgehead atoms. The minimum atomic E-state index is -4.96. The van der Waals surface area contributed by atoms with E-state index in [1.807, 2.05) is 0 Å². The van der Waals surface area contributed by atoms with E-state index >= 15 is 0 Å². The van der Waals surface area contributed by atoms with Crippen LogP contribution in [-0.2, 0) is 65.4 Å². The lowest BCUT2D eigenvalue weighted by Gasteiger charge is -2.21. The molecule has 0 aromatic heterocycles. The summed E-state index contributed by atoms with van der Waals surface area (Å²) in [6, 6.07) is 0. The van der Waals surface area contributed by atoms with Crippen LogP contribution >= 0.6 is 15.6 Å². The number of hydrogen-bond donors (Lipinski definition) is 3. The van der Waals surface area contributed by atoms with E-state index in [9.17, 15) is 43.2 Å². The summed E-state index contributed by atoms with van der Waals surface area (Å²) in [5, 5.41) is 10.7. The monoisotopic (exact) mass is 1520 g/mol. The van der Waals surface area contributed by atoms with E-state index in [0.29, 0.717) is 31.6 Å². The maximum absolute atomic E-state index is 13.1. The first-order valence-corrected chi connectivity index (χ1v) is 47.0. The van der Waals surface area contributed by atoms with Gasteiger partial charge in [0, 0.05) is 25.7 Å². The summed E-state index contributed by atoms with van der Waals surface area (Å²) in [5.41, 5.74) is 0. The molecule has 0 amide bonds. The van der Waals surface area contributed by atoms with Gasteiger partial charge in [0.05, 0.1) is 26.4 Å². The molecule has 5 atom stereocenters. The Balaban J connectivity index is 5.21. The molecular formula is C85H166O17P2. The summed E-state index contributed by atoms with van der Waals surface area (Å²) in [6.45, 7) is 9.62. The molecule has 618 valence electrons. The Labute approximate surface area is 638 Å². The van der Waals surface area contributed by atoms with Crippen molar-refractivity contribution in [3.8, 4) is 0 Å². The summed E-state index contributed by atoms with van der Waals surface area (Å²) in [6.07, 6.45) is 68.2. The average Bonchev–Trinajstić information content (AvgIpc) is 0.909. The van der Waals surface area contributed by atoms with Crippen LogP contribution in [0.2, 0.25) is 0 Å². The van der Waals surface area contributed by atoms with E-state index in [4.69, 9.17) is 37.0 Å². The van der Waals surface area contributed by atoms with Gasteiger partial charge in [-0.3, -0.25) is 37.3 Å². The van der Waals surface area contributed by atoms with Crippen molar-refractivity contribution in [2.75, 3.05) is 39.6 Å². The van der Waals surface area contributed by atoms with Gasteiger partial charge in [0.15, 0.2) is 12.2 Å². The smallest absolute Gasteiger partial charge is 0.462 e. The fraction of sp³-hybridized carbons (Fsp3) is 0.953. The zero-order valence-electron chi connectivity index (χ0n) is 68.3. The zero-order chi connectivity index (χ0) is 76.4. The molecule has 104 heavy (non-hydrogen) atoms. The lowest BCUT2D eigenvalue weighted by molar-refractivity contribution is -0.161. The number of aliphatic hydroxyl groups excluding tert-OH is 1. The van der Waals surface area contributed by atoms with Gasteiger partial charge in [-0.25, -0.2) is 9.13 Å². The maximum Gasteiger partial charge on any atom is 0.472 e. The molecule has 0 aliphatic heterocycles. The molecule has 0 aromatic rings. The van der Waals surface area contributed by atoms with Crippen molar-refractivity contribution in [3.05, 3.63) is 0 Å². The third kappa shape index (κ3) is 78.2. The number of carbonyl (C=O) groups is 4. The SMILES string of the molecule is CCCCCCCCCCCCCCCCCCCCCCCCC(=O)O[C@H](COC(=O)CCCCCCCCCCCCCCCC(C)C)COP(=O)(O)OC[C@@H](O)COP(=O)(O)OC[C@@H](COC(=O)CCCCCCCCCC(C)C)OC(=O)CCCCCCCCCCCCCCCCCC. The number of phosphoric acid groups is 2. The van der Waals surface area contributed by atoms with Crippen molar-refractivity contribution in [1.29, 1.82) is 0 Å². The van der Waals surface area contributed by atoms with Gasteiger partial charge in [-0.1, -0.05) is 401 Å². The number of carbonyl (C=O) groups excluding carboxylic acids is 4. The second kappa shape index (κ2) is 76.4. The van der Waals surface area contributed by atoms with Crippen LogP contribution in [0.25, 0.3) is 0 Å². The van der Waals surface area contributed by atoms with Crippen LogP contribution in [0.4, 0.5) is 0 Å². The summed E-state index contributed by atoms with van der Waals surface area (Å²) >= 11 is 0. The molecule has 0 aliphatic carbocycles.